The average molecular weight is 231 g/mol. The van der Waals surface area contributed by atoms with Crippen molar-refractivity contribution in [3.05, 3.63) is 0 Å². The Hall–Kier alpha value is 0.110. The van der Waals surface area contributed by atoms with E-state index in [9.17, 15) is 8.76 Å². The van der Waals surface area contributed by atoms with Gasteiger partial charge in [-0.15, -0.1) is 0 Å². The second-order valence-electron chi connectivity index (χ2n) is 4.64. The van der Waals surface area contributed by atoms with E-state index in [-0.39, 0.29) is 5.25 Å². The van der Waals surface area contributed by atoms with E-state index in [4.69, 9.17) is 0 Å². The summed E-state index contributed by atoms with van der Waals surface area (Å²) in [4.78, 5) is 0. The highest BCUT2D eigenvalue weighted by Gasteiger charge is 2.09. The lowest BCUT2D eigenvalue weighted by molar-refractivity contribution is 0.473. The van der Waals surface area contributed by atoms with Gasteiger partial charge >= 0.3 is 0 Å². The summed E-state index contributed by atoms with van der Waals surface area (Å²) in [5, 5.41) is -0.0653. The van der Waals surface area contributed by atoms with E-state index in [1.807, 2.05) is 0 Å². The van der Waals surface area contributed by atoms with Gasteiger partial charge in [0.25, 0.3) is 0 Å². The third-order valence-electron chi connectivity index (χ3n) is 3.32. The number of hydrogen-bond acceptors (Lipinski definition) is 2. The summed E-state index contributed by atoms with van der Waals surface area (Å²) in [7, 11) is 0. The van der Waals surface area contributed by atoms with Crippen LogP contribution in [0.2, 0.25) is 0 Å². The maximum atomic E-state index is 11.0. The maximum absolute atomic E-state index is 11.0. The lowest BCUT2D eigenvalue weighted by atomic mass is 10.0. The van der Waals surface area contributed by atoms with E-state index >= 15 is 0 Å². The predicted octanol–water partition coefficient (Wildman–Crippen LogP) is 3.54. The van der Waals surface area contributed by atoms with Gasteiger partial charge < -0.3 is 4.55 Å². The first-order valence-corrected chi connectivity index (χ1v) is 7.52. The summed E-state index contributed by atoms with van der Waals surface area (Å²) >= 11 is -1.84. The molecule has 0 radical (unpaired) electrons. The Morgan fingerprint density at radius 1 is 0.733 bits per heavy atom. The lowest BCUT2D eigenvalue weighted by Gasteiger charge is -2.20. The standard InChI is InChI=1S/C12H24O2S/c13-15(14)12-10-8-6-4-2-1-3-5-7-9-11-12/h12H,1-11H2,(H,13,14)/p-1. The number of hydrogen-bond donors (Lipinski definition) is 0. The molecule has 90 valence electrons. The van der Waals surface area contributed by atoms with Crippen LogP contribution in [0.1, 0.15) is 70.6 Å². The molecule has 3 heteroatoms. The summed E-state index contributed by atoms with van der Waals surface area (Å²) in [5.41, 5.74) is 0. The third-order valence-corrected chi connectivity index (χ3v) is 4.34. The van der Waals surface area contributed by atoms with Crippen LogP contribution >= 0.6 is 0 Å². The molecule has 0 aromatic rings. The van der Waals surface area contributed by atoms with Crippen LogP contribution in [0.15, 0.2) is 0 Å². The lowest BCUT2D eigenvalue weighted by Crippen LogP contribution is -2.14. The van der Waals surface area contributed by atoms with Gasteiger partial charge in [0, 0.05) is 5.25 Å². The van der Waals surface area contributed by atoms with Gasteiger partial charge in [-0.25, -0.2) is 0 Å². The van der Waals surface area contributed by atoms with Gasteiger partial charge in [0.15, 0.2) is 0 Å². The number of rotatable bonds is 1. The van der Waals surface area contributed by atoms with Crippen LogP contribution in [0.25, 0.3) is 0 Å². The molecular weight excluding hydrogens is 208 g/mol. The molecule has 0 heterocycles. The van der Waals surface area contributed by atoms with E-state index in [1.54, 1.807) is 0 Å². The molecule has 1 rings (SSSR count). The monoisotopic (exact) mass is 231 g/mol. The van der Waals surface area contributed by atoms with E-state index in [1.165, 1.54) is 44.9 Å². The highest BCUT2D eigenvalue weighted by atomic mass is 32.2. The Morgan fingerprint density at radius 3 is 1.40 bits per heavy atom. The predicted molar refractivity (Wildman–Crippen MR) is 63.5 cm³/mol. The minimum Gasteiger partial charge on any atom is -0.772 e. The summed E-state index contributed by atoms with van der Waals surface area (Å²) in [5.74, 6) is 0. The van der Waals surface area contributed by atoms with E-state index in [0.29, 0.717) is 0 Å². The second-order valence-corrected chi connectivity index (χ2v) is 5.83. The summed E-state index contributed by atoms with van der Waals surface area (Å²) in [6.07, 6.45) is 13.0. The molecular formula is C12H23O2S-. The molecule has 0 aromatic carbocycles. The molecule has 0 amide bonds. The molecule has 0 N–H and O–H groups in total. The molecule has 1 aliphatic rings. The molecule has 2 nitrogen and oxygen atoms in total. The Kier molecular flexibility index (Phi) is 7.28. The van der Waals surface area contributed by atoms with Crippen LogP contribution in [-0.4, -0.2) is 14.0 Å². The molecule has 1 atom stereocenters. The minimum absolute atomic E-state index is 0.0653. The zero-order valence-electron chi connectivity index (χ0n) is 9.58. The zero-order chi connectivity index (χ0) is 10.9. The fourth-order valence-corrected chi connectivity index (χ4v) is 3.04. The van der Waals surface area contributed by atoms with Gasteiger partial charge in [0.05, 0.1) is 0 Å². The fraction of sp³-hybridized carbons (Fsp3) is 1.00. The van der Waals surface area contributed by atoms with Crippen LogP contribution in [0.5, 0.6) is 0 Å². The minimum atomic E-state index is -1.84. The Labute approximate surface area is 96.1 Å². The van der Waals surface area contributed by atoms with Crippen molar-refractivity contribution in [1.82, 2.24) is 0 Å². The maximum Gasteiger partial charge on any atom is 0.0215 e. The first-order chi connectivity index (χ1) is 7.30. The molecule has 0 aliphatic heterocycles. The highest BCUT2D eigenvalue weighted by molar-refractivity contribution is 7.79. The largest absolute Gasteiger partial charge is 0.772 e. The van der Waals surface area contributed by atoms with Gasteiger partial charge in [-0.05, 0) is 12.8 Å². The van der Waals surface area contributed by atoms with Gasteiger partial charge in [0.2, 0.25) is 0 Å². The van der Waals surface area contributed by atoms with Crippen LogP contribution in [0.3, 0.4) is 0 Å². The van der Waals surface area contributed by atoms with Crippen LogP contribution in [-0.2, 0) is 11.1 Å². The quantitative estimate of drug-likeness (QED) is 0.648. The average Bonchev–Trinajstić information content (AvgIpc) is 2.18. The van der Waals surface area contributed by atoms with Crippen molar-refractivity contribution in [2.45, 2.75) is 75.9 Å². The third kappa shape index (κ3) is 6.31. The van der Waals surface area contributed by atoms with Crippen molar-refractivity contribution in [2.75, 3.05) is 0 Å². The van der Waals surface area contributed by atoms with Gasteiger partial charge in [0.1, 0.15) is 0 Å². The zero-order valence-corrected chi connectivity index (χ0v) is 10.4. The summed E-state index contributed by atoms with van der Waals surface area (Å²) < 4.78 is 21.9. The molecule has 0 spiro atoms. The molecule has 1 fully saturated rings. The highest BCUT2D eigenvalue weighted by Crippen LogP contribution is 2.19. The van der Waals surface area contributed by atoms with Crippen molar-refractivity contribution in [3.8, 4) is 0 Å². The molecule has 1 saturated carbocycles. The van der Waals surface area contributed by atoms with Crippen LogP contribution < -0.4 is 0 Å². The van der Waals surface area contributed by atoms with Crippen molar-refractivity contribution >= 4 is 11.1 Å². The Bertz CT molecular complexity index is 170. The Morgan fingerprint density at radius 2 is 1.07 bits per heavy atom. The SMILES string of the molecule is O=S([O-])C1CCCCCCCCCCC1. The first-order valence-electron chi connectivity index (χ1n) is 6.39. The molecule has 0 aromatic heterocycles. The van der Waals surface area contributed by atoms with E-state index < -0.39 is 11.1 Å². The summed E-state index contributed by atoms with van der Waals surface area (Å²) in [6.45, 7) is 0. The van der Waals surface area contributed by atoms with Gasteiger partial charge in [-0.2, -0.15) is 0 Å². The van der Waals surface area contributed by atoms with Gasteiger partial charge in [-0.1, -0.05) is 68.9 Å². The molecule has 1 aliphatic carbocycles. The fourth-order valence-electron chi connectivity index (χ4n) is 2.32. The molecule has 1 unspecified atom stereocenters. The van der Waals surface area contributed by atoms with Crippen LogP contribution in [0.4, 0.5) is 0 Å². The molecule has 0 saturated heterocycles. The normalized spacial score (nSPS) is 25.1. The van der Waals surface area contributed by atoms with Crippen molar-refractivity contribution in [2.24, 2.45) is 0 Å². The first kappa shape index (κ1) is 13.2. The van der Waals surface area contributed by atoms with Crippen molar-refractivity contribution in [3.63, 3.8) is 0 Å². The van der Waals surface area contributed by atoms with E-state index in [0.717, 1.165) is 25.7 Å². The van der Waals surface area contributed by atoms with Crippen molar-refractivity contribution < 1.29 is 8.76 Å². The molecule has 0 bridgehead atoms. The molecule has 15 heavy (non-hydrogen) atoms. The summed E-state index contributed by atoms with van der Waals surface area (Å²) in [6, 6.07) is 0. The van der Waals surface area contributed by atoms with Crippen molar-refractivity contribution in [1.29, 1.82) is 0 Å². The van der Waals surface area contributed by atoms with Crippen LogP contribution in [0, 0.1) is 0 Å². The van der Waals surface area contributed by atoms with E-state index in [2.05, 4.69) is 0 Å². The topological polar surface area (TPSA) is 40.1 Å². The Balaban J connectivity index is 2.28. The van der Waals surface area contributed by atoms with Gasteiger partial charge in [-0.3, -0.25) is 4.21 Å². The smallest absolute Gasteiger partial charge is 0.0215 e. The second kappa shape index (κ2) is 8.28.